The van der Waals surface area contributed by atoms with Gasteiger partial charge in [-0.1, -0.05) is 0 Å². The number of hydrogen-bond donors (Lipinski definition) is 2. The molecule has 0 aromatic carbocycles. The summed E-state index contributed by atoms with van der Waals surface area (Å²) >= 11 is 0. The van der Waals surface area contributed by atoms with Gasteiger partial charge in [0.25, 0.3) is 0 Å². The summed E-state index contributed by atoms with van der Waals surface area (Å²) < 4.78 is 2.09. The minimum Gasteiger partial charge on any atom is -0.388 e. The minimum atomic E-state index is -0.601. The van der Waals surface area contributed by atoms with E-state index >= 15 is 0 Å². The molecule has 2 N–H and O–H groups in total. The van der Waals surface area contributed by atoms with Gasteiger partial charge < -0.3 is 15.0 Å². The maximum atomic E-state index is 10.3. The summed E-state index contributed by atoms with van der Waals surface area (Å²) in [5.41, 5.74) is -0.601. The van der Waals surface area contributed by atoms with E-state index in [0.717, 1.165) is 31.8 Å². The van der Waals surface area contributed by atoms with Crippen molar-refractivity contribution in [3.63, 3.8) is 0 Å². The van der Waals surface area contributed by atoms with Gasteiger partial charge in [0, 0.05) is 31.9 Å². The lowest BCUT2D eigenvalue weighted by atomic mass is 9.90. The Morgan fingerprint density at radius 2 is 2.53 bits per heavy atom. The molecule has 0 amide bonds. The highest BCUT2D eigenvalue weighted by atomic mass is 16.3. The lowest BCUT2D eigenvalue weighted by Crippen LogP contribution is -2.47. The predicted octanol–water partition coefficient (Wildman–Crippen LogP) is 0.560. The van der Waals surface area contributed by atoms with Crippen LogP contribution in [0.1, 0.15) is 25.6 Å². The Bertz CT molecular complexity index is 315. The molecule has 1 aromatic rings. The average Bonchev–Trinajstić information content (AvgIpc) is 2.65. The summed E-state index contributed by atoms with van der Waals surface area (Å²) in [5, 5.41) is 13.6. The average molecular weight is 209 g/mol. The molecule has 0 radical (unpaired) electrons. The first-order valence-corrected chi connectivity index (χ1v) is 5.67. The molecule has 0 bridgehead atoms. The molecular weight excluding hydrogens is 190 g/mol. The quantitative estimate of drug-likeness (QED) is 0.765. The molecule has 1 aromatic heterocycles. The van der Waals surface area contributed by atoms with Crippen molar-refractivity contribution >= 4 is 0 Å². The summed E-state index contributed by atoms with van der Waals surface area (Å²) in [5.74, 6) is 0.990. The third-order valence-electron chi connectivity index (χ3n) is 3.08. The second kappa shape index (κ2) is 4.33. The lowest BCUT2D eigenvalue weighted by molar-refractivity contribution is 0.0145. The van der Waals surface area contributed by atoms with Crippen LogP contribution in [0.3, 0.4) is 0 Å². The van der Waals surface area contributed by atoms with Crippen LogP contribution in [0.2, 0.25) is 0 Å². The van der Waals surface area contributed by atoms with Crippen molar-refractivity contribution in [2.75, 3.05) is 13.1 Å². The topological polar surface area (TPSA) is 50.1 Å². The maximum absolute atomic E-state index is 10.3. The molecule has 1 saturated heterocycles. The lowest BCUT2D eigenvalue weighted by Gasteiger charge is -2.32. The normalized spacial score (nSPS) is 26.8. The second-order valence-corrected chi connectivity index (χ2v) is 4.31. The smallest absolute Gasteiger partial charge is 0.111 e. The highest BCUT2D eigenvalue weighted by Crippen LogP contribution is 2.20. The van der Waals surface area contributed by atoms with E-state index in [-0.39, 0.29) is 0 Å². The van der Waals surface area contributed by atoms with Gasteiger partial charge in [0.1, 0.15) is 5.82 Å². The highest BCUT2D eigenvalue weighted by Gasteiger charge is 2.30. The molecule has 0 aliphatic carbocycles. The number of nitrogens with zero attached hydrogens (tertiary/aromatic N) is 2. The molecule has 0 saturated carbocycles. The number of rotatable bonds is 3. The molecule has 1 aliphatic heterocycles. The third kappa shape index (κ3) is 2.38. The van der Waals surface area contributed by atoms with Crippen molar-refractivity contribution in [1.29, 1.82) is 0 Å². The molecule has 1 fully saturated rings. The van der Waals surface area contributed by atoms with Gasteiger partial charge in [0.05, 0.1) is 5.60 Å². The van der Waals surface area contributed by atoms with Crippen molar-refractivity contribution in [3.8, 4) is 0 Å². The van der Waals surface area contributed by atoms with Gasteiger partial charge in [0.2, 0.25) is 0 Å². The van der Waals surface area contributed by atoms with Crippen LogP contribution in [-0.2, 0) is 13.0 Å². The molecule has 4 nitrogen and oxygen atoms in total. The zero-order valence-corrected chi connectivity index (χ0v) is 9.24. The summed E-state index contributed by atoms with van der Waals surface area (Å²) in [4.78, 5) is 4.30. The number of nitrogens with one attached hydrogen (secondary N) is 1. The van der Waals surface area contributed by atoms with Crippen molar-refractivity contribution in [3.05, 3.63) is 18.2 Å². The van der Waals surface area contributed by atoms with Crippen LogP contribution in [0.15, 0.2) is 12.4 Å². The van der Waals surface area contributed by atoms with Crippen LogP contribution in [0, 0.1) is 0 Å². The Hall–Kier alpha value is -0.870. The van der Waals surface area contributed by atoms with Gasteiger partial charge in [-0.05, 0) is 26.3 Å². The fourth-order valence-corrected chi connectivity index (χ4v) is 2.19. The van der Waals surface area contributed by atoms with Crippen LogP contribution in [0.5, 0.6) is 0 Å². The number of β-amino-alcohol motifs (C(OH)–C–C–N with tert-alkyl or cyclic N) is 1. The molecule has 4 heteroatoms. The summed E-state index contributed by atoms with van der Waals surface area (Å²) in [6, 6.07) is 0. The summed E-state index contributed by atoms with van der Waals surface area (Å²) in [6.45, 7) is 4.71. The van der Waals surface area contributed by atoms with Gasteiger partial charge in [-0.2, -0.15) is 0 Å². The molecule has 0 spiro atoms. The highest BCUT2D eigenvalue weighted by molar-refractivity contribution is 5.00. The second-order valence-electron chi connectivity index (χ2n) is 4.31. The Labute approximate surface area is 90.3 Å². The standard InChI is InChI=1S/C11H19N3O/c1-2-14-7-6-13-10(14)8-11(15)4-3-5-12-9-11/h6-7,12,15H,2-5,8-9H2,1H3. The Kier molecular flexibility index (Phi) is 3.07. The molecule has 15 heavy (non-hydrogen) atoms. The first-order valence-electron chi connectivity index (χ1n) is 5.67. The molecule has 2 heterocycles. The molecule has 1 unspecified atom stereocenters. The van der Waals surface area contributed by atoms with E-state index in [1.807, 2.05) is 6.20 Å². The predicted molar refractivity (Wildman–Crippen MR) is 58.7 cm³/mol. The van der Waals surface area contributed by atoms with E-state index in [9.17, 15) is 5.11 Å². The fraction of sp³-hybridized carbons (Fsp3) is 0.727. The summed E-state index contributed by atoms with van der Waals surface area (Å²) in [7, 11) is 0. The molecule has 84 valence electrons. The van der Waals surface area contributed by atoms with Gasteiger partial charge >= 0.3 is 0 Å². The van der Waals surface area contributed by atoms with E-state index in [1.165, 1.54) is 0 Å². The Morgan fingerprint density at radius 3 is 3.20 bits per heavy atom. The zero-order valence-electron chi connectivity index (χ0n) is 9.24. The fourth-order valence-electron chi connectivity index (χ4n) is 2.19. The SMILES string of the molecule is CCn1ccnc1CC1(O)CCCNC1. The van der Waals surface area contributed by atoms with E-state index in [0.29, 0.717) is 13.0 Å². The molecule has 1 aliphatic rings. The number of hydrogen-bond acceptors (Lipinski definition) is 3. The van der Waals surface area contributed by atoms with Crippen LogP contribution in [0.4, 0.5) is 0 Å². The van der Waals surface area contributed by atoms with Gasteiger partial charge in [-0.25, -0.2) is 4.98 Å². The minimum absolute atomic E-state index is 0.601. The Balaban J connectivity index is 2.06. The van der Waals surface area contributed by atoms with Gasteiger partial charge in [-0.3, -0.25) is 0 Å². The van der Waals surface area contributed by atoms with Gasteiger partial charge in [0.15, 0.2) is 0 Å². The first kappa shape index (κ1) is 10.6. The van der Waals surface area contributed by atoms with Crippen molar-refractivity contribution in [1.82, 2.24) is 14.9 Å². The van der Waals surface area contributed by atoms with Crippen LogP contribution >= 0.6 is 0 Å². The van der Waals surface area contributed by atoms with Crippen molar-refractivity contribution in [2.24, 2.45) is 0 Å². The van der Waals surface area contributed by atoms with E-state index in [4.69, 9.17) is 0 Å². The molecule has 2 rings (SSSR count). The van der Waals surface area contributed by atoms with Crippen molar-refractivity contribution < 1.29 is 5.11 Å². The number of imidazole rings is 1. The van der Waals surface area contributed by atoms with Crippen LogP contribution in [0.25, 0.3) is 0 Å². The summed E-state index contributed by atoms with van der Waals surface area (Å²) in [6.07, 6.45) is 6.34. The van der Waals surface area contributed by atoms with Crippen molar-refractivity contribution in [2.45, 2.75) is 38.3 Å². The first-order chi connectivity index (χ1) is 7.23. The van der Waals surface area contributed by atoms with E-state index in [1.54, 1.807) is 6.20 Å². The van der Waals surface area contributed by atoms with Gasteiger partial charge in [-0.15, -0.1) is 0 Å². The molecular formula is C11H19N3O. The zero-order chi connectivity index (χ0) is 10.7. The number of aliphatic hydroxyl groups is 1. The van der Waals surface area contributed by atoms with Crippen LogP contribution in [-0.4, -0.2) is 33.3 Å². The van der Waals surface area contributed by atoms with E-state index in [2.05, 4.69) is 21.8 Å². The third-order valence-corrected chi connectivity index (χ3v) is 3.08. The molecule has 1 atom stereocenters. The Morgan fingerprint density at radius 1 is 1.67 bits per heavy atom. The maximum Gasteiger partial charge on any atom is 0.111 e. The number of aromatic nitrogens is 2. The number of piperidine rings is 1. The van der Waals surface area contributed by atoms with Crippen LogP contribution < -0.4 is 5.32 Å². The number of aryl methyl sites for hydroxylation is 1. The monoisotopic (exact) mass is 209 g/mol. The largest absolute Gasteiger partial charge is 0.388 e. The van der Waals surface area contributed by atoms with E-state index < -0.39 is 5.60 Å².